The number of nitrogens with zero attached hydrogens (tertiary/aromatic N) is 3. The molecule has 0 saturated carbocycles. The Labute approximate surface area is 213 Å². The molecule has 2 aromatic carbocycles. The van der Waals surface area contributed by atoms with Crippen LogP contribution in [0.4, 0.5) is 21.9 Å². The first-order chi connectivity index (χ1) is 17.5. The number of pyridine rings is 1. The maximum atomic E-state index is 12.6. The highest BCUT2D eigenvalue weighted by Crippen LogP contribution is 2.36. The molecule has 0 bridgehead atoms. The third-order valence-electron chi connectivity index (χ3n) is 6.76. The SMILES string of the molecule is COc1ccc2nc(C)cc(N3CC(NCC4CN(c5ccc6c(c5)NC(=O)CS6)C(=O)O4)C3)c2c1. The highest BCUT2D eigenvalue weighted by atomic mass is 32.2. The minimum Gasteiger partial charge on any atom is -0.497 e. The van der Waals surface area contributed by atoms with Gasteiger partial charge in [0, 0.05) is 53.0 Å². The fourth-order valence-corrected chi connectivity index (χ4v) is 5.67. The molecule has 2 N–H and O–H groups in total. The lowest BCUT2D eigenvalue weighted by molar-refractivity contribution is -0.113. The van der Waals surface area contributed by atoms with Crippen molar-refractivity contribution in [2.24, 2.45) is 0 Å². The van der Waals surface area contributed by atoms with Gasteiger partial charge in [0.05, 0.1) is 30.6 Å². The van der Waals surface area contributed by atoms with E-state index in [1.807, 2.05) is 43.3 Å². The van der Waals surface area contributed by atoms with Crippen molar-refractivity contribution in [3.8, 4) is 5.75 Å². The number of amides is 2. The summed E-state index contributed by atoms with van der Waals surface area (Å²) in [4.78, 5) is 33.9. The van der Waals surface area contributed by atoms with Crippen molar-refractivity contribution in [1.82, 2.24) is 10.3 Å². The van der Waals surface area contributed by atoms with E-state index in [0.717, 1.165) is 57.4 Å². The summed E-state index contributed by atoms with van der Waals surface area (Å²) in [7, 11) is 1.67. The van der Waals surface area contributed by atoms with E-state index in [4.69, 9.17) is 9.47 Å². The largest absolute Gasteiger partial charge is 0.497 e. The Morgan fingerprint density at radius 3 is 2.86 bits per heavy atom. The number of benzene rings is 2. The molecule has 3 aromatic rings. The number of ether oxygens (including phenoxy) is 2. The summed E-state index contributed by atoms with van der Waals surface area (Å²) in [5, 5.41) is 7.51. The van der Waals surface area contributed by atoms with Crippen LogP contribution in [0.5, 0.6) is 5.75 Å². The Hall–Kier alpha value is -3.50. The zero-order valence-electron chi connectivity index (χ0n) is 20.1. The van der Waals surface area contributed by atoms with E-state index in [-0.39, 0.29) is 18.1 Å². The van der Waals surface area contributed by atoms with E-state index in [1.54, 1.807) is 12.0 Å². The number of aryl methyl sites for hydroxylation is 1. The third kappa shape index (κ3) is 4.31. The van der Waals surface area contributed by atoms with Crippen LogP contribution in [-0.4, -0.2) is 68.2 Å². The van der Waals surface area contributed by atoms with Gasteiger partial charge in [0.2, 0.25) is 5.91 Å². The normalized spacial score (nSPS) is 19.7. The highest BCUT2D eigenvalue weighted by molar-refractivity contribution is 8.00. The number of fused-ring (bicyclic) bond motifs is 2. The molecule has 1 aromatic heterocycles. The average molecular weight is 506 g/mol. The van der Waals surface area contributed by atoms with Gasteiger partial charge in [-0.3, -0.25) is 14.7 Å². The molecular formula is C26H27N5O4S. The quantitative estimate of drug-likeness (QED) is 0.526. The van der Waals surface area contributed by atoms with Gasteiger partial charge in [0.25, 0.3) is 0 Å². The molecule has 2 amide bonds. The molecular weight excluding hydrogens is 478 g/mol. The third-order valence-corrected chi connectivity index (χ3v) is 7.83. The van der Waals surface area contributed by atoms with Gasteiger partial charge in [-0.2, -0.15) is 0 Å². The van der Waals surface area contributed by atoms with Crippen LogP contribution in [0.25, 0.3) is 10.9 Å². The molecule has 6 rings (SSSR count). The molecule has 0 spiro atoms. The lowest BCUT2D eigenvalue weighted by atomic mass is 10.0. The molecule has 2 saturated heterocycles. The summed E-state index contributed by atoms with van der Waals surface area (Å²) in [6.45, 7) is 4.79. The van der Waals surface area contributed by atoms with Gasteiger partial charge in [-0.15, -0.1) is 11.8 Å². The van der Waals surface area contributed by atoms with E-state index in [0.29, 0.717) is 24.9 Å². The van der Waals surface area contributed by atoms with E-state index in [9.17, 15) is 9.59 Å². The number of anilines is 3. The molecule has 1 atom stereocenters. The number of nitrogens with one attached hydrogen (secondary N) is 2. The smallest absolute Gasteiger partial charge is 0.414 e. The van der Waals surface area contributed by atoms with Crippen LogP contribution in [-0.2, 0) is 9.53 Å². The van der Waals surface area contributed by atoms with Crippen molar-refractivity contribution in [1.29, 1.82) is 0 Å². The predicted octanol–water partition coefficient (Wildman–Crippen LogP) is 3.40. The van der Waals surface area contributed by atoms with Crippen LogP contribution in [0.2, 0.25) is 0 Å². The molecule has 4 heterocycles. The summed E-state index contributed by atoms with van der Waals surface area (Å²) in [6, 6.07) is 14.1. The first kappa shape index (κ1) is 22.9. The number of hydrogen-bond donors (Lipinski definition) is 2. The fraction of sp³-hybridized carbons (Fsp3) is 0.346. The number of aromatic nitrogens is 1. The van der Waals surface area contributed by atoms with Gasteiger partial charge in [0.1, 0.15) is 11.9 Å². The highest BCUT2D eigenvalue weighted by Gasteiger charge is 2.35. The van der Waals surface area contributed by atoms with Gasteiger partial charge in [-0.05, 0) is 49.4 Å². The van der Waals surface area contributed by atoms with Crippen LogP contribution in [0, 0.1) is 6.92 Å². The maximum absolute atomic E-state index is 12.6. The van der Waals surface area contributed by atoms with Gasteiger partial charge >= 0.3 is 6.09 Å². The van der Waals surface area contributed by atoms with E-state index in [1.165, 1.54) is 11.8 Å². The number of methoxy groups -OCH3 is 1. The van der Waals surface area contributed by atoms with Gasteiger partial charge in [-0.25, -0.2) is 4.79 Å². The summed E-state index contributed by atoms with van der Waals surface area (Å²) < 4.78 is 11.0. The Balaban J connectivity index is 1.06. The number of carbonyl (C=O) groups excluding carboxylic acids is 2. The number of thioether (sulfide) groups is 1. The molecule has 2 fully saturated rings. The second kappa shape index (κ2) is 9.18. The van der Waals surface area contributed by atoms with Crippen LogP contribution in [0.15, 0.2) is 47.4 Å². The topological polar surface area (TPSA) is 96.0 Å². The molecule has 3 aliphatic rings. The maximum Gasteiger partial charge on any atom is 0.414 e. The zero-order valence-corrected chi connectivity index (χ0v) is 20.9. The van der Waals surface area contributed by atoms with Gasteiger partial charge in [-0.1, -0.05) is 0 Å². The first-order valence-corrected chi connectivity index (χ1v) is 12.9. The minimum atomic E-state index is -0.362. The van der Waals surface area contributed by atoms with Crippen LogP contribution in [0.1, 0.15) is 5.69 Å². The standard InChI is InChI=1S/C26H27N5O4S/c1-15-7-23(20-9-18(34-2)4-5-21(20)28-15)30-11-16(12-30)27-10-19-13-31(26(33)35-19)17-3-6-24-22(8-17)29-25(32)14-36-24/h3-9,16,19,27H,10-14H2,1-2H3,(H,29,32). The lowest BCUT2D eigenvalue weighted by Gasteiger charge is -2.42. The van der Waals surface area contributed by atoms with Crippen LogP contribution >= 0.6 is 11.8 Å². The number of carbonyl (C=O) groups is 2. The van der Waals surface area contributed by atoms with Crippen molar-refractivity contribution in [3.63, 3.8) is 0 Å². The first-order valence-electron chi connectivity index (χ1n) is 12.0. The monoisotopic (exact) mass is 505 g/mol. The summed E-state index contributed by atoms with van der Waals surface area (Å²) >= 11 is 1.50. The van der Waals surface area contributed by atoms with Crippen LogP contribution < -0.4 is 25.2 Å². The summed E-state index contributed by atoms with van der Waals surface area (Å²) in [5.41, 5.74) is 4.58. The number of rotatable bonds is 6. The van der Waals surface area contributed by atoms with Crippen molar-refractivity contribution in [2.75, 3.05) is 54.2 Å². The van der Waals surface area contributed by atoms with E-state index in [2.05, 4.69) is 26.6 Å². The Morgan fingerprint density at radius 1 is 1.17 bits per heavy atom. The van der Waals surface area contributed by atoms with Crippen molar-refractivity contribution >= 4 is 51.7 Å². The van der Waals surface area contributed by atoms with Crippen molar-refractivity contribution in [3.05, 3.63) is 48.2 Å². The average Bonchev–Trinajstić information content (AvgIpc) is 3.22. The van der Waals surface area contributed by atoms with Gasteiger partial charge < -0.3 is 25.0 Å². The Bertz CT molecular complexity index is 1360. The number of cyclic esters (lactones) is 1. The summed E-state index contributed by atoms with van der Waals surface area (Å²) in [5.74, 6) is 1.20. The zero-order chi connectivity index (χ0) is 24.8. The number of hydrogen-bond acceptors (Lipinski definition) is 8. The minimum absolute atomic E-state index is 0.0284. The predicted molar refractivity (Wildman–Crippen MR) is 140 cm³/mol. The second-order valence-corrected chi connectivity index (χ2v) is 10.3. The molecule has 9 nitrogen and oxygen atoms in total. The molecule has 3 aliphatic heterocycles. The van der Waals surface area contributed by atoms with Crippen molar-refractivity contribution < 1.29 is 19.1 Å². The Kier molecular flexibility index (Phi) is 5.85. The molecule has 0 aliphatic carbocycles. The summed E-state index contributed by atoms with van der Waals surface area (Å²) in [6.07, 6.45) is -0.598. The molecule has 10 heteroatoms. The molecule has 36 heavy (non-hydrogen) atoms. The van der Waals surface area contributed by atoms with Crippen LogP contribution in [0.3, 0.4) is 0 Å². The van der Waals surface area contributed by atoms with E-state index < -0.39 is 0 Å². The second-order valence-electron chi connectivity index (χ2n) is 9.31. The molecule has 186 valence electrons. The Morgan fingerprint density at radius 2 is 2.03 bits per heavy atom. The molecule has 0 radical (unpaired) electrons. The fourth-order valence-electron chi connectivity index (χ4n) is 4.88. The van der Waals surface area contributed by atoms with E-state index >= 15 is 0 Å². The van der Waals surface area contributed by atoms with Crippen molar-refractivity contribution in [2.45, 2.75) is 24.0 Å². The lowest BCUT2D eigenvalue weighted by Crippen LogP contribution is -2.59. The van der Waals surface area contributed by atoms with Gasteiger partial charge in [0.15, 0.2) is 0 Å². The molecule has 1 unspecified atom stereocenters.